The number of hydrogen-bond donors (Lipinski definition) is 5. The number of aromatic nitrogens is 1. The predicted molar refractivity (Wildman–Crippen MR) is 74.6 cm³/mol. The smallest absolute Gasteiger partial charge is 0.435 e. The first kappa shape index (κ1) is 17.0. The lowest BCUT2D eigenvalue weighted by molar-refractivity contribution is -0.143. The SMILES string of the molecule is C[C@H]1[C@H](NC(=O)O)C(=O)N1P(=O)(O)OCc1[nH]ccc(=O)c1O. The van der Waals surface area contributed by atoms with E-state index in [0.29, 0.717) is 4.67 Å². The van der Waals surface area contributed by atoms with Crippen molar-refractivity contribution in [2.75, 3.05) is 0 Å². The number of nitrogens with one attached hydrogen (secondary N) is 2. The van der Waals surface area contributed by atoms with Crippen molar-refractivity contribution in [2.24, 2.45) is 0 Å². The van der Waals surface area contributed by atoms with Crippen molar-refractivity contribution in [1.29, 1.82) is 0 Å². The van der Waals surface area contributed by atoms with Gasteiger partial charge in [0.1, 0.15) is 12.6 Å². The van der Waals surface area contributed by atoms with E-state index in [1.54, 1.807) is 0 Å². The molecule has 0 aromatic carbocycles. The van der Waals surface area contributed by atoms with Gasteiger partial charge < -0.3 is 25.4 Å². The first-order valence-electron chi connectivity index (χ1n) is 6.35. The quantitative estimate of drug-likeness (QED) is 0.353. The minimum atomic E-state index is -4.57. The van der Waals surface area contributed by atoms with E-state index >= 15 is 0 Å². The zero-order chi connectivity index (χ0) is 17.4. The van der Waals surface area contributed by atoms with Crippen LogP contribution in [0.3, 0.4) is 0 Å². The van der Waals surface area contributed by atoms with Gasteiger partial charge in [-0.3, -0.25) is 14.1 Å². The molecule has 1 aromatic rings. The molecule has 0 bridgehead atoms. The summed E-state index contributed by atoms with van der Waals surface area (Å²) in [6, 6.07) is -0.972. The van der Waals surface area contributed by atoms with E-state index in [1.807, 2.05) is 5.32 Å². The van der Waals surface area contributed by atoms with E-state index < -0.39 is 49.6 Å². The first-order chi connectivity index (χ1) is 10.6. The standard InChI is InChI=1S/C11H14N3O8P/c1-5-8(13-11(18)19)10(17)14(5)23(20,21)22-4-6-9(16)7(15)2-3-12-6/h2-3,5,8,13,16H,4H2,1H3,(H,12,15)(H,18,19)(H,20,21)/t5-,8-/m0/s1. The van der Waals surface area contributed by atoms with Crippen LogP contribution in [0.2, 0.25) is 0 Å². The Labute approximate surface area is 129 Å². The van der Waals surface area contributed by atoms with Crippen molar-refractivity contribution < 1.29 is 33.8 Å². The molecule has 1 saturated heterocycles. The van der Waals surface area contributed by atoms with Crippen LogP contribution in [0.1, 0.15) is 12.6 Å². The van der Waals surface area contributed by atoms with E-state index in [9.17, 15) is 28.9 Å². The molecule has 0 radical (unpaired) electrons. The summed E-state index contributed by atoms with van der Waals surface area (Å²) >= 11 is 0. The fraction of sp³-hybridized carbons (Fsp3) is 0.364. The molecule has 12 heteroatoms. The average molecular weight is 347 g/mol. The summed E-state index contributed by atoms with van der Waals surface area (Å²) in [5.41, 5.74) is -0.832. The highest BCUT2D eigenvalue weighted by Crippen LogP contribution is 2.53. The molecule has 1 aliphatic rings. The van der Waals surface area contributed by atoms with Gasteiger partial charge >= 0.3 is 13.8 Å². The Balaban J connectivity index is 2.07. The number of aromatic amines is 1. The summed E-state index contributed by atoms with van der Waals surface area (Å²) in [7, 11) is -4.57. The molecule has 5 N–H and O–H groups in total. The molecule has 1 fully saturated rings. The number of hydrogen-bond acceptors (Lipinski definition) is 6. The van der Waals surface area contributed by atoms with Crippen molar-refractivity contribution in [1.82, 2.24) is 15.0 Å². The maximum absolute atomic E-state index is 12.1. The van der Waals surface area contributed by atoms with Gasteiger partial charge in [-0.25, -0.2) is 14.0 Å². The fourth-order valence-corrected chi connectivity index (χ4v) is 3.50. The number of β-lactam (4-membered cyclic amide) rings is 1. The number of rotatable bonds is 5. The van der Waals surface area contributed by atoms with Gasteiger partial charge in [0.05, 0.1) is 11.7 Å². The van der Waals surface area contributed by atoms with Gasteiger partial charge in [0.15, 0.2) is 5.75 Å². The molecule has 0 saturated carbocycles. The normalized spacial score (nSPS) is 23.0. The lowest BCUT2D eigenvalue weighted by Crippen LogP contribution is -2.68. The molecule has 2 amide bonds. The molecule has 1 aromatic heterocycles. The van der Waals surface area contributed by atoms with Crippen LogP contribution in [-0.4, -0.2) is 48.8 Å². The van der Waals surface area contributed by atoms with Crippen molar-refractivity contribution in [3.8, 4) is 5.75 Å². The molecule has 0 spiro atoms. The first-order valence-corrected chi connectivity index (χ1v) is 7.88. The Bertz CT molecular complexity index is 747. The largest absolute Gasteiger partial charge is 0.503 e. The number of pyridine rings is 1. The van der Waals surface area contributed by atoms with E-state index in [-0.39, 0.29) is 5.69 Å². The highest BCUT2D eigenvalue weighted by Gasteiger charge is 2.54. The van der Waals surface area contributed by atoms with Gasteiger partial charge in [0.2, 0.25) is 5.43 Å². The Morgan fingerprint density at radius 3 is 2.74 bits per heavy atom. The lowest BCUT2D eigenvalue weighted by atomic mass is 10.0. The molecular weight excluding hydrogens is 333 g/mol. The predicted octanol–water partition coefficient (Wildman–Crippen LogP) is -0.436. The zero-order valence-electron chi connectivity index (χ0n) is 11.8. The summed E-state index contributed by atoms with van der Waals surface area (Å²) in [6.45, 7) is 0.749. The molecule has 1 aliphatic heterocycles. The Morgan fingerprint density at radius 2 is 2.17 bits per heavy atom. The number of H-pyrrole nitrogens is 1. The highest BCUT2D eigenvalue weighted by atomic mass is 31.2. The number of carboxylic acid groups (broad SMARTS) is 1. The van der Waals surface area contributed by atoms with E-state index in [4.69, 9.17) is 9.63 Å². The summed E-state index contributed by atoms with van der Waals surface area (Å²) in [5, 5.41) is 20.0. The molecule has 3 atom stereocenters. The monoisotopic (exact) mass is 347 g/mol. The van der Waals surface area contributed by atoms with Crippen molar-refractivity contribution >= 4 is 19.7 Å². The van der Waals surface area contributed by atoms with Crippen LogP contribution < -0.4 is 10.7 Å². The highest BCUT2D eigenvalue weighted by molar-refractivity contribution is 7.51. The van der Waals surface area contributed by atoms with Gasteiger partial charge in [0, 0.05) is 12.3 Å². The molecule has 1 unspecified atom stereocenters. The Morgan fingerprint density at radius 1 is 1.52 bits per heavy atom. The summed E-state index contributed by atoms with van der Waals surface area (Å²) < 4.78 is 17.4. The number of nitrogens with zero attached hydrogens (tertiary/aromatic N) is 1. The van der Waals surface area contributed by atoms with Gasteiger partial charge in [-0.1, -0.05) is 0 Å². The molecule has 2 heterocycles. The summed E-state index contributed by atoms with van der Waals surface area (Å²) in [5.74, 6) is -1.57. The number of aromatic hydroxyl groups is 1. The third-order valence-corrected chi connectivity index (χ3v) is 4.87. The molecule has 23 heavy (non-hydrogen) atoms. The molecule has 11 nitrogen and oxygen atoms in total. The van der Waals surface area contributed by atoms with Gasteiger partial charge in [-0.05, 0) is 6.92 Å². The van der Waals surface area contributed by atoms with Crippen LogP contribution in [0.25, 0.3) is 0 Å². The van der Waals surface area contributed by atoms with Gasteiger partial charge in [-0.2, -0.15) is 0 Å². The molecule has 2 rings (SSSR count). The lowest BCUT2D eigenvalue weighted by Gasteiger charge is -2.45. The van der Waals surface area contributed by atoms with E-state index in [2.05, 4.69) is 4.98 Å². The Hall–Kier alpha value is -2.36. The third-order valence-electron chi connectivity index (χ3n) is 3.30. The molecular formula is C11H14N3O8P. The molecule has 0 aliphatic carbocycles. The maximum Gasteiger partial charge on any atom is 0.435 e. The fourth-order valence-electron chi connectivity index (χ4n) is 2.11. The van der Waals surface area contributed by atoms with E-state index in [1.165, 1.54) is 13.1 Å². The van der Waals surface area contributed by atoms with E-state index in [0.717, 1.165) is 6.07 Å². The van der Waals surface area contributed by atoms with Crippen molar-refractivity contribution in [3.63, 3.8) is 0 Å². The topological polar surface area (TPSA) is 169 Å². The number of amides is 2. The molecule has 126 valence electrons. The van der Waals surface area contributed by atoms with Crippen molar-refractivity contribution in [2.45, 2.75) is 25.6 Å². The number of carbonyl (C=O) groups excluding carboxylic acids is 1. The maximum atomic E-state index is 12.1. The number of carbonyl (C=O) groups is 2. The van der Waals surface area contributed by atoms with Crippen LogP contribution in [0.4, 0.5) is 4.79 Å². The zero-order valence-corrected chi connectivity index (χ0v) is 12.7. The second kappa shape index (κ2) is 6.03. The van der Waals surface area contributed by atoms with Gasteiger partial charge in [-0.15, -0.1) is 0 Å². The van der Waals surface area contributed by atoms with Crippen LogP contribution in [-0.2, 0) is 20.5 Å². The minimum Gasteiger partial charge on any atom is -0.503 e. The Kier molecular flexibility index (Phi) is 4.46. The van der Waals surface area contributed by atoms with Crippen LogP contribution >= 0.6 is 7.75 Å². The second-order valence-corrected chi connectivity index (χ2v) is 6.45. The van der Waals surface area contributed by atoms with Crippen molar-refractivity contribution in [3.05, 3.63) is 28.2 Å². The van der Waals surface area contributed by atoms with Crippen LogP contribution in [0, 0.1) is 0 Å². The van der Waals surface area contributed by atoms with Gasteiger partial charge in [0.25, 0.3) is 5.91 Å². The third kappa shape index (κ3) is 3.21. The van der Waals surface area contributed by atoms with Crippen LogP contribution in [0.5, 0.6) is 5.75 Å². The van der Waals surface area contributed by atoms with Crippen LogP contribution in [0.15, 0.2) is 17.1 Å². The second-order valence-electron chi connectivity index (χ2n) is 4.78. The minimum absolute atomic E-state index is 0.132. The average Bonchev–Trinajstić information content (AvgIpc) is 2.46. The summed E-state index contributed by atoms with van der Waals surface area (Å²) in [4.78, 5) is 45.8. The summed E-state index contributed by atoms with van der Waals surface area (Å²) in [6.07, 6.45) is -0.219.